The van der Waals surface area contributed by atoms with Crippen molar-refractivity contribution in [2.75, 3.05) is 12.4 Å². The average Bonchev–Trinajstić information content (AvgIpc) is 2.78. The molecular formula is C23H31NO11S2. The van der Waals surface area contributed by atoms with Gasteiger partial charge in [-0.3, -0.25) is 19.2 Å². The highest BCUT2D eigenvalue weighted by Gasteiger charge is 2.53. The lowest BCUT2D eigenvalue weighted by atomic mass is 9.99. The Morgan fingerprint density at radius 2 is 1.38 bits per heavy atom. The van der Waals surface area contributed by atoms with Crippen LogP contribution in [0.15, 0.2) is 32.9 Å². The van der Waals surface area contributed by atoms with Gasteiger partial charge >= 0.3 is 23.9 Å². The molecule has 2 rings (SSSR count). The Hall–Kier alpha value is -2.84. The van der Waals surface area contributed by atoms with E-state index in [0.717, 1.165) is 33.3 Å². The molecule has 14 heteroatoms. The normalized spacial score (nSPS) is 24.5. The van der Waals surface area contributed by atoms with Crippen molar-refractivity contribution in [1.29, 1.82) is 0 Å². The molecule has 0 aliphatic carbocycles. The predicted molar refractivity (Wildman–Crippen MR) is 131 cm³/mol. The lowest BCUT2D eigenvalue weighted by Gasteiger charge is -2.44. The van der Waals surface area contributed by atoms with Crippen LogP contribution in [-0.4, -0.2) is 74.5 Å². The molecule has 12 nitrogen and oxygen atoms in total. The van der Waals surface area contributed by atoms with Gasteiger partial charge < -0.3 is 23.7 Å². The number of ether oxygens (including phenoxy) is 5. The van der Waals surface area contributed by atoms with E-state index in [0.29, 0.717) is 0 Å². The molecule has 1 heterocycles. The Morgan fingerprint density at radius 3 is 1.86 bits per heavy atom. The topological polar surface area (TPSA) is 161 Å². The number of hydrogen-bond donors (Lipinski definition) is 0. The van der Waals surface area contributed by atoms with Crippen molar-refractivity contribution in [2.45, 2.75) is 76.3 Å². The van der Waals surface area contributed by atoms with Crippen molar-refractivity contribution >= 4 is 44.6 Å². The summed E-state index contributed by atoms with van der Waals surface area (Å²) in [6.45, 7) is 7.53. The molecule has 1 unspecified atom stereocenters. The second-order valence-corrected chi connectivity index (χ2v) is 12.0. The fraction of sp³-hybridized carbons (Fsp3) is 0.565. The first-order valence-corrected chi connectivity index (χ1v) is 14.2. The highest BCUT2D eigenvalue weighted by molar-refractivity contribution is 8.00. The van der Waals surface area contributed by atoms with Crippen LogP contribution >= 0.6 is 0 Å². The zero-order valence-corrected chi connectivity index (χ0v) is 23.0. The number of esters is 4. The minimum atomic E-state index is -4.17. The molecule has 1 saturated heterocycles. The van der Waals surface area contributed by atoms with Gasteiger partial charge in [-0.15, -0.1) is 3.77 Å². The number of benzene rings is 1. The molecule has 6 atom stereocenters. The van der Waals surface area contributed by atoms with Gasteiger partial charge in [-0.25, -0.2) is 0 Å². The van der Waals surface area contributed by atoms with Gasteiger partial charge in [0, 0.05) is 33.4 Å². The van der Waals surface area contributed by atoms with Gasteiger partial charge in [0.1, 0.15) is 12.7 Å². The van der Waals surface area contributed by atoms with Crippen LogP contribution in [0, 0.1) is 6.92 Å². The summed E-state index contributed by atoms with van der Waals surface area (Å²) in [4.78, 5) is 47.3. The molecule has 1 aliphatic heterocycles. The maximum atomic E-state index is 13.1. The first-order chi connectivity index (χ1) is 17.2. The number of sulfonamides is 1. The predicted octanol–water partition coefficient (Wildman–Crippen LogP) is 1.59. The van der Waals surface area contributed by atoms with Gasteiger partial charge in [0.15, 0.2) is 23.7 Å². The van der Waals surface area contributed by atoms with Crippen LogP contribution in [-0.2, 0) is 63.6 Å². The Labute approximate surface area is 218 Å². The molecule has 0 spiro atoms. The number of carbonyl (C=O) groups excluding carboxylic acids is 4. The van der Waals surface area contributed by atoms with Crippen LogP contribution in [0.3, 0.4) is 0 Å². The number of nitrogens with zero attached hydrogens (tertiary/aromatic N) is 1. The van der Waals surface area contributed by atoms with Gasteiger partial charge in [0.05, 0.1) is 4.90 Å². The van der Waals surface area contributed by atoms with E-state index in [1.807, 2.05) is 6.92 Å². The van der Waals surface area contributed by atoms with Crippen molar-refractivity contribution in [1.82, 2.24) is 0 Å². The number of aryl methyl sites for hydroxylation is 1. The second-order valence-electron chi connectivity index (χ2n) is 8.12. The number of carbonyl (C=O) groups is 4. The van der Waals surface area contributed by atoms with Gasteiger partial charge in [-0.05, 0) is 29.7 Å². The van der Waals surface area contributed by atoms with Crippen LogP contribution in [0.25, 0.3) is 0 Å². The number of rotatable bonds is 9. The van der Waals surface area contributed by atoms with E-state index in [4.69, 9.17) is 23.7 Å². The quantitative estimate of drug-likeness (QED) is 0.318. The van der Waals surface area contributed by atoms with E-state index in [1.165, 1.54) is 12.1 Å². The fourth-order valence-corrected chi connectivity index (χ4v) is 7.26. The van der Waals surface area contributed by atoms with Gasteiger partial charge in [0.25, 0.3) is 10.0 Å². The Morgan fingerprint density at radius 1 is 0.865 bits per heavy atom. The summed E-state index contributed by atoms with van der Waals surface area (Å²) in [6.07, 6.45) is -5.31. The highest BCUT2D eigenvalue weighted by Crippen LogP contribution is 2.32. The molecule has 0 aromatic heterocycles. The van der Waals surface area contributed by atoms with Crippen molar-refractivity contribution in [3.8, 4) is 0 Å². The molecule has 0 N–H and O–H groups in total. The van der Waals surface area contributed by atoms with Crippen molar-refractivity contribution < 1.29 is 51.3 Å². The van der Waals surface area contributed by atoms with Gasteiger partial charge in [-0.2, -0.15) is 8.42 Å². The lowest BCUT2D eigenvalue weighted by Crippen LogP contribution is -2.63. The molecule has 1 fully saturated rings. The van der Waals surface area contributed by atoms with E-state index < -0.39 is 81.1 Å². The maximum absolute atomic E-state index is 13.1. The first kappa shape index (κ1) is 30.4. The standard InChI is InChI=1S/C23H31NO11S2/c1-7-36(24-37(29,30)18-10-8-13(2)9-11-18)23-22(34-17(6)28)21(33-16(5)27)20(32-15(4)26)19(35-23)12-31-14(3)25/h8-11,19-23H,7,12H2,1-6H3/t19-,20-,21+,22-,23+,36?/m1/s1. The van der Waals surface area contributed by atoms with Gasteiger partial charge in [-0.1, -0.05) is 24.6 Å². The molecule has 1 aliphatic rings. The van der Waals surface area contributed by atoms with Crippen molar-refractivity contribution in [2.24, 2.45) is 3.77 Å². The molecule has 37 heavy (non-hydrogen) atoms. The zero-order chi connectivity index (χ0) is 27.9. The Balaban J connectivity index is 2.65. The molecule has 0 bridgehead atoms. The van der Waals surface area contributed by atoms with E-state index >= 15 is 0 Å². The van der Waals surface area contributed by atoms with Crippen LogP contribution in [0.4, 0.5) is 0 Å². The molecule has 1 aromatic rings. The van der Waals surface area contributed by atoms with Crippen molar-refractivity contribution in [3.05, 3.63) is 29.8 Å². The summed E-state index contributed by atoms with van der Waals surface area (Å²) in [5, 5.41) is 0. The Bertz CT molecular complexity index is 1150. The number of hydrogen-bond acceptors (Lipinski definition) is 11. The van der Waals surface area contributed by atoms with Crippen LogP contribution in [0.2, 0.25) is 0 Å². The van der Waals surface area contributed by atoms with E-state index in [9.17, 15) is 27.6 Å². The minimum Gasteiger partial charge on any atom is -0.463 e. The maximum Gasteiger partial charge on any atom is 0.303 e. The Kier molecular flexibility index (Phi) is 10.8. The summed E-state index contributed by atoms with van der Waals surface area (Å²) in [6, 6.07) is 6.08. The van der Waals surface area contributed by atoms with Crippen LogP contribution < -0.4 is 0 Å². The average molecular weight is 562 g/mol. The summed E-state index contributed by atoms with van der Waals surface area (Å²) in [5.74, 6) is -2.85. The largest absolute Gasteiger partial charge is 0.463 e. The van der Waals surface area contributed by atoms with E-state index in [2.05, 4.69) is 3.77 Å². The van der Waals surface area contributed by atoms with Gasteiger partial charge in [0.2, 0.25) is 0 Å². The lowest BCUT2D eigenvalue weighted by molar-refractivity contribution is -0.237. The molecule has 1 aromatic carbocycles. The smallest absolute Gasteiger partial charge is 0.303 e. The minimum absolute atomic E-state index is 0.0466. The third kappa shape index (κ3) is 8.61. The van der Waals surface area contributed by atoms with Crippen molar-refractivity contribution in [3.63, 3.8) is 0 Å². The molecule has 0 amide bonds. The third-order valence-corrected chi connectivity index (χ3v) is 8.95. The zero-order valence-electron chi connectivity index (χ0n) is 21.4. The summed E-state index contributed by atoms with van der Waals surface area (Å²) >= 11 is 0. The molecule has 0 saturated carbocycles. The van der Waals surface area contributed by atoms with Crippen LogP contribution in [0.5, 0.6) is 0 Å². The molecule has 0 radical (unpaired) electrons. The van der Waals surface area contributed by atoms with E-state index in [-0.39, 0.29) is 10.6 Å². The monoisotopic (exact) mass is 561 g/mol. The third-order valence-electron chi connectivity index (χ3n) is 5.02. The fourth-order valence-electron chi connectivity index (χ4n) is 3.55. The molecule has 206 valence electrons. The summed E-state index contributed by atoms with van der Waals surface area (Å²) in [7, 11) is -5.64. The highest BCUT2D eigenvalue weighted by atomic mass is 32.3. The molecular weight excluding hydrogens is 530 g/mol. The van der Waals surface area contributed by atoms with Crippen LogP contribution in [0.1, 0.15) is 40.2 Å². The summed E-state index contributed by atoms with van der Waals surface area (Å²) < 4.78 is 57.6. The summed E-state index contributed by atoms with van der Waals surface area (Å²) in [5.41, 5.74) is -0.390. The van der Waals surface area contributed by atoms with E-state index in [1.54, 1.807) is 19.1 Å². The SMILES string of the molecule is CC/S(=N\S(=O)(=O)c1ccc(C)cc1)[C@@H]1O[C@H](COC(C)=O)[C@@H](OC(C)=O)[C@H](OC(C)=O)[C@H]1OC(C)=O. The second kappa shape index (κ2) is 13.1. The first-order valence-electron chi connectivity index (χ1n) is 11.3.